The highest BCUT2D eigenvalue weighted by atomic mass is 16.6. The van der Waals surface area contributed by atoms with Crippen LogP contribution in [0.5, 0.6) is 5.88 Å². The van der Waals surface area contributed by atoms with Crippen LogP contribution in [0.15, 0.2) is 18.2 Å². The van der Waals surface area contributed by atoms with E-state index in [1.165, 1.54) is 0 Å². The molecule has 7 heteroatoms. The third kappa shape index (κ3) is 5.07. The monoisotopic (exact) mass is 337 g/mol. The fraction of sp³-hybridized carbons (Fsp3) is 0.647. The van der Waals surface area contributed by atoms with Crippen molar-refractivity contribution in [1.29, 1.82) is 0 Å². The molecule has 1 amide bonds. The van der Waals surface area contributed by atoms with Gasteiger partial charge in [0.1, 0.15) is 5.60 Å². The first kappa shape index (κ1) is 18.5. The standard InChI is InChI=1S/C17H27N3O4/c1-17(2,3)24-16(21)20-10-13(14(11-20)22-4)18-9-12-7-6-8-15(19-12)23-5/h6-8,13-14,18H,9-11H2,1-5H3/t13?,14-/m0/s1. The molecule has 2 rings (SSSR count). The number of pyridine rings is 1. The molecule has 1 aliphatic rings. The molecule has 2 atom stereocenters. The van der Waals surface area contributed by atoms with Gasteiger partial charge >= 0.3 is 6.09 Å². The van der Waals surface area contributed by atoms with Crippen LogP contribution in [-0.4, -0.2) is 61.0 Å². The van der Waals surface area contributed by atoms with E-state index in [9.17, 15) is 4.79 Å². The summed E-state index contributed by atoms with van der Waals surface area (Å²) >= 11 is 0. The summed E-state index contributed by atoms with van der Waals surface area (Å²) in [6, 6.07) is 5.66. The molecule has 0 bridgehead atoms. The number of hydrogen-bond donors (Lipinski definition) is 1. The van der Waals surface area contributed by atoms with Gasteiger partial charge in [0.25, 0.3) is 0 Å². The number of carbonyl (C=O) groups excluding carboxylic acids is 1. The molecule has 2 heterocycles. The predicted octanol–water partition coefficient (Wildman–Crippen LogP) is 1.81. The summed E-state index contributed by atoms with van der Waals surface area (Å²) in [6.45, 7) is 7.20. The minimum Gasteiger partial charge on any atom is -0.481 e. The summed E-state index contributed by atoms with van der Waals surface area (Å²) in [4.78, 5) is 18.3. The fourth-order valence-corrected chi connectivity index (χ4v) is 2.59. The zero-order chi connectivity index (χ0) is 17.7. The SMILES string of the molecule is COc1cccc(CNC2CN(C(=O)OC(C)(C)C)C[C@@H]2OC)n1. The van der Waals surface area contributed by atoms with E-state index in [1.54, 1.807) is 25.2 Å². The van der Waals surface area contributed by atoms with E-state index in [0.717, 1.165) is 5.69 Å². The maximum atomic E-state index is 12.2. The van der Waals surface area contributed by atoms with Crippen molar-refractivity contribution in [3.63, 3.8) is 0 Å². The van der Waals surface area contributed by atoms with Crippen LogP contribution in [0, 0.1) is 0 Å². The Morgan fingerprint density at radius 2 is 2.08 bits per heavy atom. The van der Waals surface area contributed by atoms with Crippen LogP contribution >= 0.6 is 0 Å². The lowest BCUT2D eigenvalue weighted by molar-refractivity contribution is 0.0252. The minimum absolute atomic E-state index is 0.0236. The number of nitrogens with zero attached hydrogens (tertiary/aromatic N) is 2. The van der Waals surface area contributed by atoms with Gasteiger partial charge in [0.05, 0.1) is 31.5 Å². The number of carbonyl (C=O) groups is 1. The fourth-order valence-electron chi connectivity index (χ4n) is 2.59. The average Bonchev–Trinajstić information content (AvgIpc) is 2.95. The predicted molar refractivity (Wildman–Crippen MR) is 90.0 cm³/mol. The lowest BCUT2D eigenvalue weighted by Crippen LogP contribution is -2.40. The highest BCUT2D eigenvalue weighted by Crippen LogP contribution is 2.18. The molecule has 0 spiro atoms. The number of likely N-dealkylation sites (tertiary alicyclic amines) is 1. The van der Waals surface area contributed by atoms with Crippen molar-refractivity contribution in [2.24, 2.45) is 0 Å². The van der Waals surface area contributed by atoms with Gasteiger partial charge in [0.2, 0.25) is 5.88 Å². The molecule has 0 aliphatic carbocycles. The summed E-state index contributed by atoms with van der Waals surface area (Å²) in [5.41, 5.74) is 0.371. The Morgan fingerprint density at radius 3 is 2.71 bits per heavy atom. The topological polar surface area (TPSA) is 72.9 Å². The quantitative estimate of drug-likeness (QED) is 0.883. The smallest absolute Gasteiger partial charge is 0.410 e. The van der Waals surface area contributed by atoms with Gasteiger partial charge in [-0.15, -0.1) is 0 Å². The highest BCUT2D eigenvalue weighted by Gasteiger charge is 2.37. The number of hydrogen-bond acceptors (Lipinski definition) is 6. The van der Waals surface area contributed by atoms with Crippen LogP contribution in [0.4, 0.5) is 4.79 Å². The number of rotatable bonds is 5. The molecule has 1 fully saturated rings. The second-order valence-corrected chi connectivity index (χ2v) is 6.82. The normalized spacial score (nSPS) is 21.0. The van der Waals surface area contributed by atoms with Crippen molar-refractivity contribution in [1.82, 2.24) is 15.2 Å². The number of aromatic nitrogens is 1. The van der Waals surface area contributed by atoms with Crippen LogP contribution in [0.2, 0.25) is 0 Å². The maximum Gasteiger partial charge on any atom is 0.410 e. The number of nitrogens with one attached hydrogen (secondary N) is 1. The Labute approximate surface area is 143 Å². The van der Waals surface area contributed by atoms with Gasteiger partial charge in [-0.25, -0.2) is 9.78 Å². The zero-order valence-electron chi connectivity index (χ0n) is 15.0. The molecule has 1 aromatic heterocycles. The van der Waals surface area contributed by atoms with E-state index in [-0.39, 0.29) is 18.2 Å². The third-order valence-electron chi connectivity index (χ3n) is 3.76. The summed E-state index contributed by atoms with van der Waals surface area (Å²) in [7, 11) is 3.25. The van der Waals surface area contributed by atoms with Gasteiger partial charge in [-0.05, 0) is 26.8 Å². The van der Waals surface area contributed by atoms with Gasteiger partial charge in [-0.2, -0.15) is 0 Å². The van der Waals surface area contributed by atoms with Crippen LogP contribution < -0.4 is 10.1 Å². The van der Waals surface area contributed by atoms with E-state index in [2.05, 4.69) is 10.3 Å². The van der Waals surface area contributed by atoms with Crippen molar-refractivity contribution in [2.75, 3.05) is 27.3 Å². The summed E-state index contributed by atoms with van der Waals surface area (Å²) in [6.07, 6.45) is -0.392. The summed E-state index contributed by atoms with van der Waals surface area (Å²) < 4.78 is 16.1. The van der Waals surface area contributed by atoms with Gasteiger partial charge in [0.15, 0.2) is 0 Å². The molecule has 1 N–H and O–H groups in total. The minimum atomic E-state index is -0.504. The lowest BCUT2D eigenvalue weighted by atomic mass is 10.2. The molecule has 134 valence electrons. The Hall–Kier alpha value is -1.86. The van der Waals surface area contributed by atoms with Crippen molar-refractivity contribution in [3.05, 3.63) is 23.9 Å². The first-order valence-corrected chi connectivity index (χ1v) is 8.06. The molecule has 1 unspecified atom stereocenters. The van der Waals surface area contributed by atoms with Gasteiger partial charge in [-0.3, -0.25) is 0 Å². The zero-order valence-corrected chi connectivity index (χ0v) is 15.0. The molecule has 1 aromatic rings. The van der Waals surface area contributed by atoms with Crippen LogP contribution in [0.3, 0.4) is 0 Å². The van der Waals surface area contributed by atoms with Crippen LogP contribution in [-0.2, 0) is 16.0 Å². The van der Waals surface area contributed by atoms with Crippen molar-refractivity contribution < 1.29 is 19.0 Å². The Morgan fingerprint density at radius 1 is 1.33 bits per heavy atom. The molecule has 1 saturated heterocycles. The van der Waals surface area contributed by atoms with E-state index in [0.29, 0.717) is 25.5 Å². The Balaban J connectivity index is 1.93. The lowest BCUT2D eigenvalue weighted by Gasteiger charge is -2.24. The van der Waals surface area contributed by atoms with Gasteiger partial charge in [0, 0.05) is 26.3 Å². The van der Waals surface area contributed by atoms with E-state index in [1.807, 2.05) is 32.9 Å². The largest absolute Gasteiger partial charge is 0.481 e. The molecule has 7 nitrogen and oxygen atoms in total. The van der Waals surface area contributed by atoms with Gasteiger partial charge in [-0.1, -0.05) is 6.07 Å². The third-order valence-corrected chi connectivity index (χ3v) is 3.76. The maximum absolute atomic E-state index is 12.2. The van der Waals surface area contributed by atoms with Crippen molar-refractivity contribution >= 4 is 6.09 Å². The second kappa shape index (κ2) is 7.81. The Bertz CT molecular complexity index is 559. The number of ether oxygens (including phenoxy) is 3. The highest BCUT2D eigenvalue weighted by molar-refractivity contribution is 5.68. The molecule has 1 aliphatic heterocycles. The Kier molecular flexibility index (Phi) is 6.01. The average molecular weight is 337 g/mol. The van der Waals surface area contributed by atoms with E-state index in [4.69, 9.17) is 14.2 Å². The van der Waals surface area contributed by atoms with E-state index < -0.39 is 5.60 Å². The van der Waals surface area contributed by atoms with Gasteiger partial charge < -0.3 is 24.4 Å². The molecule has 24 heavy (non-hydrogen) atoms. The first-order chi connectivity index (χ1) is 11.3. The molecular formula is C17H27N3O4. The molecule has 0 radical (unpaired) electrons. The van der Waals surface area contributed by atoms with Crippen LogP contribution in [0.1, 0.15) is 26.5 Å². The second-order valence-electron chi connectivity index (χ2n) is 6.82. The number of amides is 1. The summed E-state index contributed by atoms with van der Waals surface area (Å²) in [5, 5.41) is 3.41. The number of methoxy groups -OCH3 is 2. The summed E-state index contributed by atoms with van der Waals surface area (Å²) in [5.74, 6) is 0.583. The van der Waals surface area contributed by atoms with E-state index >= 15 is 0 Å². The first-order valence-electron chi connectivity index (χ1n) is 8.06. The molecule has 0 saturated carbocycles. The van der Waals surface area contributed by atoms with Crippen molar-refractivity contribution in [3.8, 4) is 5.88 Å². The molecular weight excluding hydrogens is 310 g/mol. The van der Waals surface area contributed by atoms with Crippen LogP contribution in [0.25, 0.3) is 0 Å². The molecule has 0 aromatic carbocycles. The van der Waals surface area contributed by atoms with Crippen molar-refractivity contribution in [2.45, 2.75) is 45.1 Å².